The number of carbonyl (C=O) groups is 1. The van der Waals surface area contributed by atoms with Crippen molar-refractivity contribution in [2.24, 2.45) is 0 Å². The zero-order chi connectivity index (χ0) is 11.8. The van der Waals surface area contributed by atoms with E-state index in [0.717, 1.165) is 10.0 Å². The third kappa shape index (κ3) is 4.63. The fraction of sp³-hybridized carbons (Fsp3) is 0.364. The third-order valence-corrected chi connectivity index (χ3v) is 2.79. The monoisotopic (exact) mass is 286 g/mol. The van der Waals surface area contributed by atoms with Crippen molar-refractivity contribution in [2.75, 3.05) is 13.2 Å². The van der Waals surface area contributed by atoms with Crippen LogP contribution in [0.3, 0.4) is 0 Å². The lowest BCUT2D eigenvalue weighted by Crippen LogP contribution is -2.35. The highest BCUT2D eigenvalue weighted by Crippen LogP contribution is 2.14. The first kappa shape index (κ1) is 13.0. The predicted octanol–water partition coefficient (Wildman–Crippen LogP) is 1.63. The maximum atomic E-state index is 11.3. The molecule has 0 spiro atoms. The van der Waals surface area contributed by atoms with Crippen LogP contribution in [-0.2, 0) is 6.54 Å². The van der Waals surface area contributed by atoms with Gasteiger partial charge in [0.1, 0.15) is 0 Å². The largest absolute Gasteiger partial charge is 0.396 e. The first-order valence-corrected chi connectivity index (χ1v) is 5.89. The highest BCUT2D eigenvalue weighted by Gasteiger charge is 2.01. The molecule has 3 N–H and O–H groups in total. The number of aliphatic hydroxyl groups excluding tert-OH is 1. The molecule has 0 unspecified atom stereocenters. The molecule has 1 aromatic rings. The molecule has 4 nitrogen and oxygen atoms in total. The molecule has 2 amide bonds. The Morgan fingerprint density at radius 2 is 2.06 bits per heavy atom. The van der Waals surface area contributed by atoms with Crippen molar-refractivity contribution in [3.63, 3.8) is 0 Å². The van der Waals surface area contributed by atoms with Crippen molar-refractivity contribution >= 4 is 22.0 Å². The average molecular weight is 287 g/mol. The van der Waals surface area contributed by atoms with E-state index in [9.17, 15) is 4.79 Å². The minimum atomic E-state index is -0.218. The maximum absolute atomic E-state index is 11.3. The molecule has 0 fully saturated rings. The SMILES string of the molecule is O=C(NCCCO)NCc1ccccc1Br. The molecule has 0 aliphatic rings. The molecule has 0 aromatic heterocycles. The van der Waals surface area contributed by atoms with E-state index < -0.39 is 0 Å². The fourth-order valence-electron chi connectivity index (χ4n) is 1.16. The fourth-order valence-corrected chi connectivity index (χ4v) is 1.59. The molecule has 16 heavy (non-hydrogen) atoms. The van der Waals surface area contributed by atoms with Crippen molar-refractivity contribution in [1.29, 1.82) is 0 Å². The Morgan fingerprint density at radius 1 is 1.31 bits per heavy atom. The lowest BCUT2D eigenvalue weighted by molar-refractivity contribution is 0.237. The summed E-state index contributed by atoms with van der Waals surface area (Å²) in [5, 5.41) is 13.9. The van der Waals surface area contributed by atoms with E-state index in [-0.39, 0.29) is 12.6 Å². The summed E-state index contributed by atoms with van der Waals surface area (Å²) in [6.07, 6.45) is 0.572. The van der Waals surface area contributed by atoms with E-state index in [2.05, 4.69) is 26.6 Å². The second-order valence-corrected chi connectivity index (χ2v) is 4.13. The second-order valence-electron chi connectivity index (χ2n) is 3.28. The summed E-state index contributed by atoms with van der Waals surface area (Å²) >= 11 is 3.41. The van der Waals surface area contributed by atoms with Gasteiger partial charge in [-0.25, -0.2) is 4.79 Å². The van der Waals surface area contributed by atoms with E-state index in [1.807, 2.05) is 24.3 Å². The molecule has 0 atom stereocenters. The molecule has 1 aromatic carbocycles. The molecular formula is C11H15BrN2O2. The lowest BCUT2D eigenvalue weighted by atomic mass is 10.2. The topological polar surface area (TPSA) is 61.4 Å². The van der Waals surface area contributed by atoms with Crippen molar-refractivity contribution in [2.45, 2.75) is 13.0 Å². The minimum Gasteiger partial charge on any atom is -0.396 e. The number of urea groups is 1. The van der Waals surface area contributed by atoms with Gasteiger partial charge in [-0.2, -0.15) is 0 Å². The summed E-state index contributed by atoms with van der Waals surface area (Å²) in [6.45, 7) is 1.05. The highest BCUT2D eigenvalue weighted by molar-refractivity contribution is 9.10. The van der Waals surface area contributed by atoms with Gasteiger partial charge >= 0.3 is 6.03 Å². The maximum Gasteiger partial charge on any atom is 0.315 e. The Labute approximate surface area is 103 Å². The van der Waals surface area contributed by atoms with E-state index in [0.29, 0.717) is 19.5 Å². The van der Waals surface area contributed by atoms with Crippen LogP contribution in [0.1, 0.15) is 12.0 Å². The van der Waals surface area contributed by atoms with Crippen LogP contribution in [0.4, 0.5) is 4.79 Å². The predicted molar refractivity (Wildman–Crippen MR) is 66.1 cm³/mol. The standard InChI is InChI=1S/C11H15BrN2O2/c12-10-5-2-1-4-9(10)8-14-11(16)13-6-3-7-15/h1-2,4-5,15H,3,6-8H2,(H2,13,14,16). The summed E-state index contributed by atoms with van der Waals surface area (Å²) in [4.78, 5) is 11.3. The second kappa shape index (κ2) is 7.24. The van der Waals surface area contributed by atoms with Crippen LogP contribution in [-0.4, -0.2) is 24.3 Å². The van der Waals surface area contributed by atoms with Crippen LogP contribution < -0.4 is 10.6 Å². The molecule has 5 heteroatoms. The summed E-state index contributed by atoms with van der Waals surface area (Å²) < 4.78 is 0.977. The zero-order valence-corrected chi connectivity index (χ0v) is 10.5. The number of hydrogen-bond acceptors (Lipinski definition) is 2. The van der Waals surface area contributed by atoms with E-state index in [1.54, 1.807) is 0 Å². The quantitative estimate of drug-likeness (QED) is 0.721. The Hall–Kier alpha value is -1.07. The number of benzene rings is 1. The number of rotatable bonds is 5. The van der Waals surface area contributed by atoms with Gasteiger partial charge in [0, 0.05) is 24.2 Å². The van der Waals surface area contributed by atoms with Gasteiger partial charge in [-0.1, -0.05) is 34.1 Å². The molecule has 0 saturated carbocycles. The van der Waals surface area contributed by atoms with Crippen LogP contribution in [0.5, 0.6) is 0 Å². The van der Waals surface area contributed by atoms with Gasteiger partial charge < -0.3 is 15.7 Å². The van der Waals surface area contributed by atoms with Gasteiger partial charge in [-0.3, -0.25) is 0 Å². The van der Waals surface area contributed by atoms with Gasteiger partial charge in [0.25, 0.3) is 0 Å². The third-order valence-electron chi connectivity index (χ3n) is 2.02. The van der Waals surface area contributed by atoms with Crippen LogP contribution >= 0.6 is 15.9 Å². The molecule has 0 bridgehead atoms. The molecule has 0 aliphatic carbocycles. The van der Waals surface area contributed by atoms with Crippen molar-refractivity contribution < 1.29 is 9.90 Å². The molecule has 88 valence electrons. The number of hydrogen-bond donors (Lipinski definition) is 3. The highest BCUT2D eigenvalue weighted by atomic mass is 79.9. The van der Waals surface area contributed by atoms with Gasteiger partial charge in [0.2, 0.25) is 0 Å². The van der Waals surface area contributed by atoms with Gasteiger partial charge in [-0.05, 0) is 18.1 Å². The van der Waals surface area contributed by atoms with E-state index >= 15 is 0 Å². The molecule has 0 radical (unpaired) electrons. The van der Waals surface area contributed by atoms with E-state index in [1.165, 1.54) is 0 Å². The average Bonchev–Trinajstić information content (AvgIpc) is 2.28. The Bertz CT molecular complexity index is 345. The Balaban J connectivity index is 2.29. The Morgan fingerprint density at radius 3 is 2.75 bits per heavy atom. The first-order valence-electron chi connectivity index (χ1n) is 5.10. The molecule has 0 aliphatic heterocycles. The summed E-state index contributed by atoms with van der Waals surface area (Å²) in [7, 11) is 0. The van der Waals surface area contributed by atoms with Gasteiger partial charge in [0.05, 0.1) is 0 Å². The van der Waals surface area contributed by atoms with Crippen molar-refractivity contribution in [1.82, 2.24) is 10.6 Å². The summed E-state index contributed by atoms with van der Waals surface area (Å²) in [5.74, 6) is 0. The van der Waals surface area contributed by atoms with Crippen molar-refractivity contribution in [3.05, 3.63) is 34.3 Å². The van der Waals surface area contributed by atoms with Crippen molar-refractivity contribution in [3.8, 4) is 0 Å². The smallest absolute Gasteiger partial charge is 0.315 e. The van der Waals surface area contributed by atoms with Gasteiger partial charge in [0.15, 0.2) is 0 Å². The molecule has 0 saturated heterocycles. The summed E-state index contributed by atoms with van der Waals surface area (Å²) in [5.41, 5.74) is 1.03. The van der Waals surface area contributed by atoms with Crippen LogP contribution in [0, 0.1) is 0 Å². The van der Waals surface area contributed by atoms with Crippen LogP contribution in [0.25, 0.3) is 0 Å². The number of nitrogens with one attached hydrogen (secondary N) is 2. The molecular weight excluding hydrogens is 272 g/mol. The normalized spacial score (nSPS) is 9.88. The lowest BCUT2D eigenvalue weighted by Gasteiger charge is -2.08. The number of halogens is 1. The minimum absolute atomic E-state index is 0.0878. The number of aliphatic hydroxyl groups is 1. The van der Waals surface area contributed by atoms with E-state index in [4.69, 9.17) is 5.11 Å². The zero-order valence-electron chi connectivity index (χ0n) is 8.87. The Kier molecular flexibility index (Phi) is 5.88. The van der Waals surface area contributed by atoms with Gasteiger partial charge in [-0.15, -0.1) is 0 Å². The molecule has 0 heterocycles. The van der Waals surface area contributed by atoms with Crippen LogP contribution in [0.2, 0.25) is 0 Å². The first-order chi connectivity index (χ1) is 7.74. The number of carbonyl (C=O) groups excluding carboxylic acids is 1. The molecule has 1 rings (SSSR count). The number of amides is 2. The summed E-state index contributed by atoms with van der Waals surface area (Å²) in [6, 6.07) is 7.50. The van der Waals surface area contributed by atoms with Crippen LogP contribution in [0.15, 0.2) is 28.7 Å².